The monoisotopic (exact) mass is 216 g/mol. The average Bonchev–Trinajstić information content (AvgIpc) is 2.48. The highest BCUT2D eigenvalue weighted by Gasteiger charge is 2.35. The smallest absolute Gasteiger partial charge is 0.0261 e. The number of thioether (sulfide) groups is 1. The molecule has 1 fully saturated rings. The number of rotatable bonds is 0. The lowest BCUT2D eigenvalue weighted by molar-refractivity contribution is 0.328. The number of hydrogen-bond acceptors (Lipinski definition) is 1. The molecule has 0 spiro atoms. The van der Waals surface area contributed by atoms with Crippen LogP contribution in [0.5, 0.6) is 0 Å². The van der Waals surface area contributed by atoms with Crippen LogP contribution in [0.2, 0.25) is 0 Å². The highest BCUT2D eigenvalue weighted by molar-refractivity contribution is 8.00. The van der Waals surface area contributed by atoms with Gasteiger partial charge in [-0.25, -0.2) is 0 Å². The molecule has 0 nitrogen and oxygen atoms in total. The van der Waals surface area contributed by atoms with Gasteiger partial charge in [0.2, 0.25) is 0 Å². The number of fused-ring (bicyclic) bond motifs is 3. The summed E-state index contributed by atoms with van der Waals surface area (Å²) in [5, 5.41) is 0.734. The van der Waals surface area contributed by atoms with Gasteiger partial charge in [0, 0.05) is 17.4 Å². The van der Waals surface area contributed by atoms with E-state index in [4.69, 9.17) is 0 Å². The molecule has 4 unspecified atom stereocenters. The van der Waals surface area contributed by atoms with Crippen LogP contribution in [-0.4, -0.2) is 11.0 Å². The van der Waals surface area contributed by atoms with Crippen molar-refractivity contribution < 1.29 is 0 Å². The van der Waals surface area contributed by atoms with Gasteiger partial charge in [-0.05, 0) is 30.6 Å². The van der Waals surface area contributed by atoms with E-state index < -0.39 is 0 Å². The summed E-state index contributed by atoms with van der Waals surface area (Å²) in [6.45, 7) is 0. The van der Waals surface area contributed by atoms with E-state index in [0.717, 1.165) is 16.9 Å². The molecule has 0 N–H and O–H groups in total. The lowest BCUT2D eigenvalue weighted by Crippen LogP contribution is -2.28. The van der Waals surface area contributed by atoms with Crippen LogP contribution in [0.4, 0.5) is 0 Å². The van der Waals surface area contributed by atoms with Crippen molar-refractivity contribution in [1.82, 2.24) is 0 Å². The van der Waals surface area contributed by atoms with Crippen molar-refractivity contribution in [3.8, 4) is 0 Å². The molecule has 78 valence electrons. The molecule has 1 heterocycles. The molecule has 0 aromatic carbocycles. The molecule has 0 aromatic heterocycles. The molecule has 0 amide bonds. The molecule has 0 bridgehead atoms. The van der Waals surface area contributed by atoms with Crippen molar-refractivity contribution in [3.63, 3.8) is 0 Å². The Balaban J connectivity index is 1.89. The quantitative estimate of drug-likeness (QED) is 0.558. The van der Waals surface area contributed by atoms with E-state index in [0.29, 0.717) is 11.8 Å². The van der Waals surface area contributed by atoms with Crippen LogP contribution in [0.25, 0.3) is 0 Å². The molecule has 1 aliphatic heterocycles. The van der Waals surface area contributed by atoms with Gasteiger partial charge >= 0.3 is 0 Å². The Morgan fingerprint density at radius 3 is 3.07 bits per heavy atom. The lowest BCUT2D eigenvalue weighted by Gasteiger charge is -2.33. The van der Waals surface area contributed by atoms with Gasteiger partial charge in [-0.15, -0.1) is 0 Å². The first-order valence-corrected chi connectivity index (χ1v) is 6.87. The molecule has 1 saturated heterocycles. The minimum Gasteiger partial charge on any atom is -0.153 e. The lowest BCUT2D eigenvalue weighted by atomic mass is 9.73. The third-order valence-corrected chi connectivity index (χ3v) is 4.91. The zero-order valence-corrected chi connectivity index (χ0v) is 9.62. The van der Waals surface area contributed by atoms with Crippen molar-refractivity contribution in [2.75, 3.05) is 5.75 Å². The fourth-order valence-corrected chi connectivity index (χ4v) is 4.16. The van der Waals surface area contributed by atoms with Crippen molar-refractivity contribution in [2.24, 2.45) is 17.8 Å². The molecular weight excluding hydrogens is 200 g/mol. The molecule has 1 heteroatoms. The van der Waals surface area contributed by atoms with Gasteiger partial charge in [-0.3, -0.25) is 0 Å². The van der Waals surface area contributed by atoms with Gasteiger partial charge < -0.3 is 0 Å². The predicted molar refractivity (Wildman–Crippen MR) is 66.6 cm³/mol. The first-order valence-electron chi connectivity index (χ1n) is 5.82. The summed E-state index contributed by atoms with van der Waals surface area (Å²) < 4.78 is 0. The van der Waals surface area contributed by atoms with Crippen molar-refractivity contribution in [2.45, 2.75) is 18.1 Å². The fraction of sp³-hybridized carbons (Fsp3) is 0.500. The average molecular weight is 216 g/mol. The van der Waals surface area contributed by atoms with Crippen molar-refractivity contribution in [3.05, 3.63) is 42.9 Å². The normalized spacial score (nSPS) is 43.2. The van der Waals surface area contributed by atoms with Gasteiger partial charge in [0.05, 0.1) is 0 Å². The third kappa shape index (κ3) is 1.82. The van der Waals surface area contributed by atoms with Crippen molar-refractivity contribution in [1.29, 1.82) is 0 Å². The number of allylic oxidation sites excluding steroid dienone is 5. The van der Waals surface area contributed by atoms with E-state index in [1.165, 1.54) is 12.8 Å². The van der Waals surface area contributed by atoms with E-state index in [1.807, 2.05) is 0 Å². The van der Waals surface area contributed by atoms with Gasteiger partial charge in [0.15, 0.2) is 0 Å². The van der Waals surface area contributed by atoms with Crippen LogP contribution in [0, 0.1) is 24.2 Å². The summed E-state index contributed by atoms with van der Waals surface area (Å²) in [5.74, 6) is 3.20. The van der Waals surface area contributed by atoms with Crippen LogP contribution in [0.1, 0.15) is 12.8 Å². The Bertz CT molecular complexity index is 313. The maximum atomic E-state index is 3.63. The van der Waals surface area contributed by atoms with Gasteiger partial charge in [-0.1, -0.05) is 36.5 Å². The van der Waals surface area contributed by atoms with Crippen LogP contribution < -0.4 is 0 Å². The second-order valence-corrected chi connectivity index (χ2v) is 5.69. The minimum absolute atomic E-state index is 0.573. The Morgan fingerprint density at radius 1 is 1.13 bits per heavy atom. The molecule has 4 atom stereocenters. The highest BCUT2D eigenvalue weighted by atomic mass is 32.2. The zero-order valence-electron chi connectivity index (χ0n) is 8.80. The molecule has 3 aliphatic rings. The van der Waals surface area contributed by atoms with Crippen LogP contribution in [-0.2, 0) is 0 Å². The van der Waals surface area contributed by atoms with E-state index >= 15 is 0 Å². The number of hydrogen-bond donors (Lipinski definition) is 0. The van der Waals surface area contributed by atoms with E-state index in [9.17, 15) is 0 Å². The van der Waals surface area contributed by atoms with Crippen LogP contribution >= 0.6 is 11.8 Å². The van der Waals surface area contributed by atoms with Gasteiger partial charge in [-0.2, -0.15) is 11.8 Å². The first kappa shape index (κ1) is 9.77. The fourth-order valence-electron chi connectivity index (χ4n) is 2.89. The minimum atomic E-state index is 0.573. The topological polar surface area (TPSA) is 0 Å². The maximum Gasteiger partial charge on any atom is 0.0261 e. The van der Waals surface area contributed by atoms with Gasteiger partial charge in [0.1, 0.15) is 0 Å². The summed E-state index contributed by atoms with van der Waals surface area (Å²) in [4.78, 5) is 0. The first-order chi connectivity index (χ1) is 7.45. The standard InChI is InChI=1S/C14H16S/c1-2-6-12-11(5-1)9-10-15-14-8-4-3-7-13(12)14/h1-2,4-6,8,11-14H,3,7,10H2. The van der Waals surface area contributed by atoms with Crippen LogP contribution in [0.3, 0.4) is 0 Å². The summed E-state index contributed by atoms with van der Waals surface area (Å²) in [6.07, 6.45) is 20.2. The zero-order chi connectivity index (χ0) is 10.1. The Kier molecular flexibility index (Phi) is 2.74. The largest absolute Gasteiger partial charge is 0.153 e. The Labute approximate surface area is 96.5 Å². The molecule has 2 aliphatic carbocycles. The SMILES string of the molecule is [C]1CSC2C=CCCC2C2C=CC=CC12. The molecular formula is C14H16S. The van der Waals surface area contributed by atoms with Crippen molar-refractivity contribution >= 4 is 11.8 Å². The maximum absolute atomic E-state index is 3.63. The van der Waals surface area contributed by atoms with E-state index in [-0.39, 0.29) is 0 Å². The van der Waals surface area contributed by atoms with Crippen LogP contribution in [0.15, 0.2) is 36.5 Å². The molecule has 3 rings (SSSR count). The third-order valence-electron chi connectivity index (χ3n) is 3.68. The molecule has 15 heavy (non-hydrogen) atoms. The Hall–Kier alpha value is -0.430. The van der Waals surface area contributed by atoms with E-state index in [2.05, 4.69) is 54.6 Å². The molecule has 0 saturated carbocycles. The summed E-state index contributed by atoms with van der Waals surface area (Å²) in [6, 6.07) is 0. The molecule has 0 aromatic rings. The summed E-state index contributed by atoms with van der Waals surface area (Å²) >= 11 is 2.07. The Morgan fingerprint density at radius 2 is 2.07 bits per heavy atom. The summed E-state index contributed by atoms with van der Waals surface area (Å²) in [5.41, 5.74) is 0. The molecule has 2 radical (unpaired) electrons. The van der Waals surface area contributed by atoms with E-state index in [1.54, 1.807) is 0 Å². The second kappa shape index (κ2) is 4.21. The predicted octanol–water partition coefficient (Wildman–Crippen LogP) is 3.51. The second-order valence-electron chi connectivity index (χ2n) is 4.52. The highest BCUT2D eigenvalue weighted by Crippen LogP contribution is 2.43. The van der Waals surface area contributed by atoms with Gasteiger partial charge in [0.25, 0.3) is 0 Å². The summed E-state index contributed by atoms with van der Waals surface area (Å²) in [7, 11) is 0.